The monoisotopic (exact) mass is 283 g/mol. The molecule has 0 heterocycles. The molecule has 0 aromatic rings. The van der Waals surface area contributed by atoms with Gasteiger partial charge in [0, 0.05) is 6.42 Å². The van der Waals surface area contributed by atoms with Crippen molar-refractivity contribution in [3.05, 3.63) is 0 Å². The Morgan fingerprint density at radius 2 is 1.15 bits per heavy atom. The summed E-state index contributed by atoms with van der Waals surface area (Å²) in [5.74, 6) is -0.455. The number of hydrogen-bond donors (Lipinski definition) is 0. The van der Waals surface area contributed by atoms with Crippen LogP contribution in [0, 0.1) is 0 Å². The van der Waals surface area contributed by atoms with E-state index in [0.717, 1.165) is 19.3 Å². The molecule has 0 aromatic carbocycles. The Morgan fingerprint density at radius 3 is 1.55 bits per heavy atom. The molecule has 117 valence electrons. The van der Waals surface area contributed by atoms with E-state index in [0.29, 0.717) is 6.42 Å². The smallest absolute Gasteiger partial charge is 0.384 e. The third-order valence-corrected chi connectivity index (χ3v) is 3.64. The normalized spacial score (nSPS) is 10.4. The minimum absolute atomic E-state index is 0.340. The van der Waals surface area contributed by atoms with Crippen molar-refractivity contribution in [2.75, 3.05) is 0 Å². The van der Waals surface area contributed by atoms with Crippen LogP contribution in [-0.2, 0) is 14.3 Å². The van der Waals surface area contributed by atoms with Crippen molar-refractivity contribution in [1.82, 2.24) is 0 Å². The number of unbranched alkanes of at least 4 members (excludes halogenated alkanes) is 12. The quantitative estimate of drug-likeness (QED) is 0.239. The predicted molar refractivity (Wildman–Crippen MR) is 82.1 cm³/mol. The van der Waals surface area contributed by atoms with Crippen LogP contribution in [0.4, 0.5) is 0 Å². The van der Waals surface area contributed by atoms with Crippen molar-refractivity contribution in [2.45, 2.75) is 96.8 Å². The summed E-state index contributed by atoms with van der Waals surface area (Å²) in [7, 11) is 0. The minimum Gasteiger partial charge on any atom is -0.384 e. The van der Waals surface area contributed by atoms with Gasteiger partial charge in [0.1, 0.15) is 0 Å². The van der Waals surface area contributed by atoms with Gasteiger partial charge in [-0.2, -0.15) is 0 Å². The maximum atomic E-state index is 10.9. The molecule has 3 nitrogen and oxygen atoms in total. The molecule has 0 fully saturated rings. The Labute approximate surface area is 124 Å². The molecule has 20 heavy (non-hydrogen) atoms. The lowest BCUT2D eigenvalue weighted by atomic mass is 10.0. The predicted octanol–water partition coefficient (Wildman–Crippen LogP) is 5.08. The molecule has 0 aliphatic carbocycles. The second-order valence-electron chi connectivity index (χ2n) is 5.55. The number of rotatable bonds is 15. The van der Waals surface area contributed by atoms with Crippen molar-refractivity contribution in [3.63, 3.8) is 0 Å². The second-order valence-corrected chi connectivity index (χ2v) is 5.55. The van der Waals surface area contributed by atoms with Crippen LogP contribution in [0.3, 0.4) is 0 Å². The third kappa shape index (κ3) is 15.2. The lowest BCUT2D eigenvalue weighted by Gasteiger charge is -2.02. The number of carbonyl (C=O) groups is 1. The van der Waals surface area contributed by atoms with Gasteiger partial charge in [-0.3, -0.25) is 4.79 Å². The van der Waals surface area contributed by atoms with Crippen LogP contribution >= 0.6 is 0 Å². The lowest BCUT2D eigenvalue weighted by Crippen LogP contribution is -2.01. The van der Waals surface area contributed by atoms with E-state index >= 15 is 0 Å². The van der Waals surface area contributed by atoms with Gasteiger partial charge >= 0.3 is 12.4 Å². The molecule has 0 rings (SSSR count). The SMILES string of the molecule is CCCCCCCCCCCCCCCC(=O)O[C]=O. The second kappa shape index (κ2) is 16.2. The summed E-state index contributed by atoms with van der Waals surface area (Å²) < 4.78 is 4.10. The van der Waals surface area contributed by atoms with Gasteiger partial charge in [-0.15, -0.1) is 0 Å². The van der Waals surface area contributed by atoms with Gasteiger partial charge < -0.3 is 4.74 Å². The molecule has 0 aliphatic rings. The first kappa shape index (κ1) is 19.1. The highest BCUT2D eigenvalue weighted by molar-refractivity contribution is 5.76. The molecule has 0 aliphatic heterocycles. The summed E-state index contributed by atoms with van der Waals surface area (Å²) in [5.41, 5.74) is 0. The number of esters is 1. The summed E-state index contributed by atoms with van der Waals surface area (Å²) in [5, 5.41) is 0. The van der Waals surface area contributed by atoms with Crippen LogP contribution in [0.15, 0.2) is 0 Å². The van der Waals surface area contributed by atoms with Crippen LogP contribution in [0.1, 0.15) is 96.8 Å². The molecule has 0 spiro atoms. The Kier molecular flexibility index (Phi) is 15.5. The summed E-state index contributed by atoms with van der Waals surface area (Å²) >= 11 is 0. The third-order valence-electron chi connectivity index (χ3n) is 3.64. The van der Waals surface area contributed by atoms with Crippen molar-refractivity contribution in [2.24, 2.45) is 0 Å². The molecule has 1 radical (unpaired) electrons. The molecular formula is C17H31O3. The highest BCUT2D eigenvalue weighted by Crippen LogP contribution is 2.12. The van der Waals surface area contributed by atoms with E-state index in [1.54, 1.807) is 0 Å². The van der Waals surface area contributed by atoms with E-state index in [2.05, 4.69) is 11.7 Å². The van der Waals surface area contributed by atoms with Gasteiger partial charge in [-0.05, 0) is 6.42 Å². The Hall–Kier alpha value is -0.860. The van der Waals surface area contributed by atoms with E-state index in [-0.39, 0.29) is 0 Å². The molecule has 0 aromatic heterocycles. The fraction of sp³-hybridized carbons (Fsp3) is 0.882. The summed E-state index contributed by atoms with van der Waals surface area (Å²) in [6.45, 7) is 3.42. The van der Waals surface area contributed by atoms with Crippen LogP contribution < -0.4 is 0 Å². The largest absolute Gasteiger partial charge is 0.425 e. The highest BCUT2D eigenvalue weighted by Gasteiger charge is 2.01. The Balaban J connectivity index is 3.02. The first-order valence-electron chi connectivity index (χ1n) is 8.38. The van der Waals surface area contributed by atoms with Gasteiger partial charge in [0.05, 0.1) is 0 Å². The summed E-state index contributed by atoms with van der Waals surface area (Å²) in [4.78, 5) is 20.6. The molecular weight excluding hydrogens is 252 g/mol. The van der Waals surface area contributed by atoms with Gasteiger partial charge in [-0.1, -0.05) is 84.0 Å². The molecule has 3 heteroatoms. The first-order chi connectivity index (χ1) is 9.81. The van der Waals surface area contributed by atoms with Gasteiger partial charge in [0.2, 0.25) is 0 Å². The first-order valence-corrected chi connectivity index (χ1v) is 8.38. The van der Waals surface area contributed by atoms with Crippen LogP contribution in [0.25, 0.3) is 0 Å². The van der Waals surface area contributed by atoms with Gasteiger partial charge in [0.15, 0.2) is 0 Å². The lowest BCUT2D eigenvalue weighted by molar-refractivity contribution is -0.135. The fourth-order valence-corrected chi connectivity index (χ4v) is 2.38. The summed E-state index contributed by atoms with van der Waals surface area (Å²) in [6, 6.07) is 0. The maximum Gasteiger partial charge on any atom is 0.425 e. The molecule has 0 bridgehead atoms. The summed E-state index contributed by atoms with van der Waals surface area (Å²) in [6.07, 6.45) is 17.0. The van der Waals surface area contributed by atoms with Crippen molar-refractivity contribution < 1.29 is 14.3 Å². The molecule has 0 amide bonds. The van der Waals surface area contributed by atoms with E-state index in [9.17, 15) is 9.59 Å². The van der Waals surface area contributed by atoms with Crippen molar-refractivity contribution >= 4 is 12.4 Å². The van der Waals surface area contributed by atoms with Crippen LogP contribution in [-0.4, -0.2) is 12.4 Å². The van der Waals surface area contributed by atoms with E-state index in [1.807, 2.05) is 0 Å². The molecule has 0 atom stereocenters. The fourth-order valence-electron chi connectivity index (χ4n) is 2.38. The average Bonchev–Trinajstić information content (AvgIpc) is 2.44. The number of ether oxygens (including phenoxy) is 1. The Morgan fingerprint density at radius 1 is 0.750 bits per heavy atom. The average molecular weight is 283 g/mol. The molecule has 0 N–H and O–H groups in total. The maximum absolute atomic E-state index is 10.9. The Bertz CT molecular complexity index is 226. The molecule has 0 unspecified atom stereocenters. The van der Waals surface area contributed by atoms with E-state index in [4.69, 9.17) is 0 Å². The van der Waals surface area contributed by atoms with E-state index in [1.165, 1.54) is 70.6 Å². The zero-order valence-electron chi connectivity index (χ0n) is 13.1. The number of hydrogen-bond acceptors (Lipinski definition) is 3. The van der Waals surface area contributed by atoms with E-state index < -0.39 is 5.97 Å². The van der Waals surface area contributed by atoms with Crippen LogP contribution in [0.2, 0.25) is 0 Å². The highest BCUT2D eigenvalue weighted by atomic mass is 16.6. The molecule has 0 saturated heterocycles. The van der Waals surface area contributed by atoms with Gasteiger partial charge in [-0.25, -0.2) is 4.79 Å². The van der Waals surface area contributed by atoms with Crippen molar-refractivity contribution in [1.29, 1.82) is 0 Å². The molecule has 0 saturated carbocycles. The standard InChI is InChI=1S/C17H31O3/c1-2-3-4-5-6-7-8-9-10-11-12-13-14-15-17(19)20-16-18/h2-15H2,1H3. The zero-order chi connectivity index (χ0) is 14.9. The van der Waals surface area contributed by atoms with Crippen molar-refractivity contribution in [3.8, 4) is 0 Å². The topological polar surface area (TPSA) is 43.4 Å². The zero-order valence-corrected chi connectivity index (χ0v) is 13.1. The minimum atomic E-state index is -0.455. The number of carbonyl (C=O) groups excluding carboxylic acids is 2. The van der Waals surface area contributed by atoms with Gasteiger partial charge in [0.25, 0.3) is 0 Å². The van der Waals surface area contributed by atoms with Crippen LogP contribution in [0.5, 0.6) is 0 Å².